The minimum atomic E-state index is -0.441. The van der Waals surface area contributed by atoms with E-state index in [1.54, 1.807) is 18.2 Å². The van der Waals surface area contributed by atoms with Crippen molar-refractivity contribution in [2.45, 2.75) is 33.2 Å². The van der Waals surface area contributed by atoms with E-state index in [0.717, 1.165) is 12.0 Å². The van der Waals surface area contributed by atoms with Crippen molar-refractivity contribution in [3.8, 4) is 11.5 Å². The molecule has 0 radical (unpaired) electrons. The molecule has 5 nitrogen and oxygen atoms in total. The van der Waals surface area contributed by atoms with E-state index in [0.29, 0.717) is 11.5 Å². The molecule has 3 aromatic rings. The molecular weight excluding hydrogens is 340 g/mol. The summed E-state index contributed by atoms with van der Waals surface area (Å²) in [4.78, 5) is 27.9. The zero-order valence-electron chi connectivity index (χ0n) is 15.8. The number of H-pyrrole nitrogens is 1. The van der Waals surface area contributed by atoms with Crippen LogP contribution < -0.4 is 10.9 Å². The van der Waals surface area contributed by atoms with Gasteiger partial charge in [0.25, 0.3) is 11.5 Å². The number of hydrogen-bond acceptors (Lipinski definition) is 3. The third-order valence-electron chi connectivity index (χ3n) is 4.26. The first-order valence-corrected chi connectivity index (χ1v) is 8.96. The van der Waals surface area contributed by atoms with Crippen LogP contribution in [-0.2, 0) is 0 Å². The highest BCUT2D eigenvalue weighted by atomic mass is 16.3. The molecule has 140 valence electrons. The fraction of sp³-hybridized carbons (Fsp3) is 0.273. The van der Waals surface area contributed by atoms with E-state index in [4.69, 9.17) is 4.42 Å². The summed E-state index contributed by atoms with van der Waals surface area (Å²) in [5, 5.41) is 3.02. The van der Waals surface area contributed by atoms with E-state index in [1.807, 2.05) is 30.3 Å². The second-order valence-corrected chi connectivity index (χ2v) is 7.79. The molecule has 3 rings (SSSR count). The zero-order valence-corrected chi connectivity index (χ0v) is 15.8. The van der Waals surface area contributed by atoms with Gasteiger partial charge in [0.05, 0.1) is 18.0 Å². The molecule has 1 unspecified atom stereocenters. The summed E-state index contributed by atoms with van der Waals surface area (Å²) in [6.45, 7) is 6.38. The van der Waals surface area contributed by atoms with Crippen molar-refractivity contribution in [3.05, 3.63) is 82.3 Å². The van der Waals surface area contributed by atoms with Gasteiger partial charge in [0.15, 0.2) is 0 Å². The van der Waals surface area contributed by atoms with Gasteiger partial charge in [0.2, 0.25) is 0 Å². The Kier molecular flexibility index (Phi) is 5.31. The van der Waals surface area contributed by atoms with Gasteiger partial charge >= 0.3 is 0 Å². The van der Waals surface area contributed by atoms with Crippen LogP contribution in [0.3, 0.4) is 0 Å². The smallest absolute Gasteiger partial charge is 0.261 e. The lowest BCUT2D eigenvalue weighted by Gasteiger charge is -2.27. The van der Waals surface area contributed by atoms with Crippen molar-refractivity contribution < 1.29 is 9.21 Å². The third-order valence-corrected chi connectivity index (χ3v) is 4.26. The van der Waals surface area contributed by atoms with E-state index in [1.165, 1.54) is 12.3 Å². The number of carbonyl (C=O) groups excluding carboxylic acids is 1. The Bertz CT molecular complexity index is 951. The number of carbonyl (C=O) groups is 1. The second-order valence-electron chi connectivity index (χ2n) is 7.79. The Morgan fingerprint density at radius 3 is 2.41 bits per heavy atom. The van der Waals surface area contributed by atoms with Gasteiger partial charge in [-0.1, -0.05) is 51.1 Å². The van der Waals surface area contributed by atoms with Crippen LogP contribution in [0.4, 0.5) is 0 Å². The fourth-order valence-corrected chi connectivity index (χ4v) is 3.01. The Morgan fingerprint density at radius 2 is 1.81 bits per heavy atom. The molecule has 0 aliphatic rings. The van der Waals surface area contributed by atoms with E-state index < -0.39 is 5.56 Å². The highest BCUT2D eigenvalue weighted by molar-refractivity contribution is 5.94. The lowest BCUT2D eigenvalue weighted by molar-refractivity contribution is 0.0925. The maximum atomic E-state index is 12.8. The third kappa shape index (κ3) is 4.76. The summed E-state index contributed by atoms with van der Waals surface area (Å²) in [6.07, 6.45) is 2.29. The first-order valence-electron chi connectivity index (χ1n) is 8.96. The second kappa shape index (κ2) is 7.66. The molecule has 0 saturated carbocycles. The number of rotatable bonds is 5. The summed E-state index contributed by atoms with van der Waals surface area (Å²) in [7, 11) is 0. The number of nitrogens with one attached hydrogen (secondary N) is 2. The average molecular weight is 364 g/mol. The van der Waals surface area contributed by atoms with Crippen LogP contribution in [0, 0.1) is 5.41 Å². The molecule has 0 bridgehead atoms. The van der Waals surface area contributed by atoms with Crippen molar-refractivity contribution in [2.75, 3.05) is 0 Å². The summed E-state index contributed by atoms with van der Waals surface area (Å²) >= 11 is 0. The molecule has 1 atom stereocenters. The first kappa shape index (κ1) is 18.7. The summed E-state index contributed by atoms with van der Waals surface area (Å²) in [6, 6.07) is 16.3. The van der Waals surface area contributed by atoms with E-state index >= 15 is 0 Å². The number of amides is 1. The topological polar surface area (TPSA) is 75.1 Å². The highest BCUT2D eigenvalue weighted by Gasteiger charge is 2.23. The van der Waals surface area contributed by atoms with Gasteiger partial charge < -0.3 is 14.7 Å². The van der Waals surface area contributed by atoms with Gasteiger partial charge in [-0.15, -0.1) is 0 Å². The van der Waals surface area contributed by atoms with Crippen LogP contribution in [0.1, 0.15) is 49.2 Å². The molecule has 5 heteroatoms. The monoisotopic (exact) mass is 364 g/mol. The van der Waals surface area contributed by atoms with Gasteiger partial charge in [-0.3, -0.25) is 9.59 Å². The number of hydrogen-bond donors (Lipinski definition) is 2. The Labute approximate surface area is 158 Å². The maximum Gasteiger partial charge on any atom is 0.261 e. The number of benzene rings is 1. The molecule has 0 saturated heterocycles. The number of furan rings is 1. The quantitative estimate of drug-likeness (QED) is 0.698. The van der Waals surface area contributed by atoms with Crippen LogP contribution in [0.5, 0.6) is 0 Å². The highest BCUT2D eigenvalue weighted by Crippen LogP contribution is 2.29. The van der Waals surface area contributed by atoms with Crippen LogP contribution in [0.15, 0.2) is 70.1 Å². The molecular formula is C22H24N2O3. The number of aromatic amines is 1. The van der Waals surface area contributed by atoms with E-state index in [-0.39, 0.29) is 22.9 Å². The van der Waals surface area contributed by atoms with Gasteiger partial charge in [-0.25, -0.2) is 0 Å². The van der Waals surface area contributed by atoms with Gasteiger partial charge in [0.1, 0.15) is 11.3 Å². The first-order chi connectivity index (χ1) is 12.8. The molecule has 0 spiro atoms. The largest absolute Gasteiger partial charge is 0.463 e. The van der Waals surface area contributed by atoms with Crippen molar-refractivity contribution in [2.24, 2.45) is 5.41 Å². The van der Waals surface area contributed by atoms with E-state index in [2.05, 4.69) is 31.1 Å². The maximum absolute atomic E-state index is 12.8. The fourth-order valence-electron chi connectivity index (χ4n) is 3.01. The van der Waals surface area contributed by atoms with Gasteiger partial charge in [0, 0.05) is 0 Å². The Hall–Kier alpha value is -3.08. The van der Waals surface area contributed by atoms with Crippen molar-refractivity contribution in [3.63, 3.8) is 0 Å². The molecule has 2 aromatic heterocycles. The standard InChI is InChI=1S/C22H24N2O3/c1-22(2,3)14-18(15-8-5-4-6-9-15)24-21(26)16-11-12-17(23-20(16)25)19-10-7-13-27-19/h4-13,18H,14H2,1-3H3,(H,23,25)(H,24,26). The molecule has 1 aromatic carbocycles. The van der Waals surface area contributed by atoms with Crippen molar-refractivity contribution in [1.82, 2.24) is 10.3 Å². The molecule has 1 amide bonds. The van der Waals surface area contributed by atoms with Crippen molar-refractivity contribution in [1.29, 1.82) is 0 Å². The van der Waals surface area contributed by atoms with E-state index in [9.17, 15) is 9.59 Å². The van der Waals surface area contributed by atoms with Crippen LogP contribution >= 0.6 is 0 Å². The van der Waals surface area contributed by atoms with Crippen molar-refractivity contribution >= 4 is 5.91 Å². The summed E-state index contributed by atoms with van der Waals surface area (Å²) < 4.78 is 5.28. The molecule has 0 aliphatic carbocycles. The molecule has 2 heterocycles. The average Bonchev–Trinajstić information content (AvgIpc) is 3.15. The summed E-state index contributed by atoms with van der Waals surface area (Å²) in [5.74, 6) is 0.161. The zero-order chi connectivity index (χ0) is 19.4. The Morgan fingerprint density at radius 1 is 1.07 bits per heavy atom. The van der Waals surface area contributed by atoms with Gasteiger partial charge in [-0.2, -0.15) is 0 Å². The lowest BCUT2D eigenvalue weighted by atomic mass is 9.85. The summed E-state index contributed by atoms with van der Waals surface area (Å²) in [5.41, 5.74) is 1.22. The number of aromatic nitrogens is 1. The Balaban J connectivity index is 1.84. The minimum absolute atomic E-state index is 0.0172. The number of pyridine rings is 1. The van der Waals surface area contributed by atoms with Gasteiger partial charge in [-0.05, 0) is 41.7 Å². The molecule has 2 N–H and O–H groups in total. The molecule has 27 heavy (non-hydrogen) atoms. The molecule has 0 fully saturated rings. The van der Waals surface area contributed by atoms with Crippen LogP contribution in [0.2, 0.25) is 0 Å². The SMILES string of the molecule is CC(C)(C)CC(NC(=O)c1ccc(-c2ccco2)[nH]c1=O)c1ccccc1. The van der Waals surface area contributed by atoms with Crippen LogP contribution in [0.25, 0.3) is 11.5 Å². The molecule has 0 aliphatic heterocycles. The minimum Gasteiger partial charge on any atom is -0.463 e. The normalized spacial score (nSPS) is 12.6. The lowest BCUT2D eigenvalue weighted by Crippen LogP contribution is -2.34. The van der Waals surface area contributed by atoms with Crippen LogP contribution in [-0.4, -0.2) is 10.9 Å². The predicted molar refractivity (Wildman–Crippen MR) is 105 cm³/mol. The predicted octanol–water partition coefficient (Wildman–Crippen LogP) is 4.54.